The molecule has 1 saturated heterocycles. The molecular formula is C20H24N4O3S. The summed E-state index contributed by atoms with van der Waals surface area (Å²) in [6.45, 7) is 5.48. The zero-order valence-corrected chi connectivity index (χ0v) is 17.1. The highest BCUT2D eigenvalue weighted by atomic mass is 32.1. The van der Waals surface area contributed by atoms with E-state index in [2.05, 4.69) is 10.4 Å². The van der Waals surface area contributed by atoms with Gasteiger partial charge in [0.25, 0.3) is 5.91 Å². The molecule has 7 nitrogen and oxygen atoms in total. The van der Waals surface area contributed by atoms with Gasteiger partial charge in [-0.2, -0.15) is 5.10 Å². The van der Waals surface area contributed by atoms with Gasteiger partial charge in [-0.25, -0.2) is 0 Å². The summed E-state index contributed by atoms with van der Waals surface area (Å²) in [4.78, 5) is 14.3. The van der Waals surface area contributed by atoms with Crippen molar-refractivity contribution in [1.82, 2.24) is 20.0 Å². The molecule has 1 aliphatic heterocycles. The van der Waals surface area contributed by atoms with Crippen molar-refractivity contribution in [2.75, 3.05) is 19.8 Å². The summed E-state index contributed by atoms with van der Waals surface area (Å²) in [5.74, 6) is 1.29. The molecule has 8 heteroatoms. The molecule has 0 radical (unpaired) electrons. The number of rotatable bonds is 8. The maximum absolute atomic E-state index is 12.7. The Bertz CT molecular complexity index is 907. The molecule has 0 bridgehead atoms. The van der Waals surface area contributed by atoms with E-state index in [1.54, 1.807) is 15.7 Å². The SMILES string of the molecule is CCOc1ccc(CCN2C(=O)/C(=C\c3ccn(C)n3)NC2=S)cc1OCC. The van der Waals surface area contributed by atoms with Gasteiger partial charge in [0.2, 0.25) is 0 Å². The van der Waals surface area contributed by atoms with Crippen LogP contribution in [0.1, 0.15) is 25.1 Å². The van der Waals surface area contributed by atoms with E-state index in [9.17, 15) is 4.79 Å². The van der Waals surface area contributed by atoms with Crippen molar-refractivity contribution in [1.29, 1.82) is 0 Å². The van der Waals surface area contributed by atoms with Crippen LogP contribution in [-0.2, 0) is 18.3 Å². The van der Waals surface area contributed by atoms with Gasteiger partial charge in [-0.3, -0.25) is 14.4 Å². The number of carbonyl (C=O) groups is 1. The van der Waals surface area contributed by atoms with Crippen LogP contribution in [0.25, 0.3) is 6.08 Å². The van der Waals surface area contributed by atoms with E-state index < -0.39 is 0 Å². The van der Waals surface area contributed by atoms with E-state index in [4.69, 9.17) is 21.7 Å². The minimum Gasteiger partial charge on any atom is -0.490 e. The Kier molecular flexibility index (Phi) is 6.30. The van der Waals surface area contributed by atoms with Crippen molar-refractivity contribution < 1.29 is 14.3 Å². The fourth-order valence-corrected chi connectivity index (χ4v) is 3.21. The summed E-state index contributed by atoms with van der Waals surface area (Å²) in [5.41, 5.74) is 2.19. The van der Waals surface area contributed by atoms with Crippen LogP contribution >= 0.6 is 12.2 Å². The molecule has 1 fully saturated rings. The van der Waals surface area contributed by atoms with Gasteiger partial charge in [-0.05, 0) is 62.3 Å². The lowest BCUT2D eigenvalue weighted by Gasteiger charge is -2.15. The number of carbonyl (C=O) groups excluding carboxylic acids is 1. The fourth-order valence-electron chi connectivity index (χ4n) is 2.92. The number of hydrogen-bond acceptors (Lipinski definition) is 5. The van der Waals surface area contributed by atoms with E-state index in [0.717, 1.165) is 11.3 Å². The van der Waals surface area contributed by atoms with Crippen molar-refractivity contribution in [2.24, 2.45) is 7.05 Å². The number of thiocarbonyl (C=S) groups is 1. The van der Waals surface area contributed by atoms with Gasteiger partial charge >= 0.3 is 0 Å². The summed E-state index contributed by atoms with van der Waals surface area (Å²) in [5, 5.41) is 7.65. The number of aryl methyl sites for hydroxylation is 1. The average Bonchev–Trinajstić information content (AvgIpc) is 3.19. The molecule has 1 aromatic heterocycles. The van der Waals surface area contributed by atoms with Crippen LogP contribution in [0.4, 0.5) is 0 Å². The predicted molar refractivity (Wildman–Crippen MR) is 111 cm³/mol. The van der Waals surface area contributed by atoms with Gasteiger partial charge in [0.1, 0.15) is 5.70 Å². The van der Waals surface area contributed by atoms with Crippen LogP contribution in [0.2, 0.25) is 0 Å². The Hall–Kier alpha value is -2.87. The normalized spacial score (nSPS) is 15.2. The monoisotopic (exact) mass is 400 g/mol. The second kappa shape index (κ2) is 8.88. The lowest BCUT2D eigenvalue weighted by molar-refractivity contribution is -0.122. The zero-order valence-electron chi connectivity index (χ0n) is 16.3. The third-order valence-electron chi connectivity index (χ3n) is 4.22. The molecule has 2 aromatic rings. The lowest BCUT2D eigenvalue weighted by Crippen LogP contribution is -2.32. The Morgan fingerprint density at radius 3 is 2.61 bits per heavy atom. The fraction of sp³-hybridized carbons (Fsp3) is 0.350. The summed E-state index contributed by atoms with van der Waals surface area (Å²) >= 11 is 5.34. The molecule has 0 saturated carbocycles. The second-order valence-corrected chi connectivity index (χ2v) is 6.64. The number of hydrogen-bond donors (Lipinski definition) is 1. The van der Waals surface area contributed by atoms with Gasteiger partial charge in [0.05, 0.1) is 18.9 Å². The molecule has 0 spiro atoms. The maximum Gasteiger partial charge on any atom is 0.276 e. The maximum atomic E-state index is 12.7. The molecule has 0 atom stereocenters. The highest BCUT2D eigenvalue weighted by Crippen LogP contribution is 2.29. The predicted octanol–water partition coefficient (Wildman–Crippen LogP) is 2.52. The first-order valence-electron chi connectivity index (χ1n) is 9.24. The minimum atomic E-state index is -0.147. The van der Waals surface area contributed by atoms with Crippen molar-refractivity contribution in [2.45, 2.75) is 20.3 Å². The van der Waals surface area contributed by atoms with Crippen LogP contribution in [0.5, 0.6) is 11.5 Å². The molecule has 1 N–H and O–H groups in total. The van der Waals surface area contributed by atoms with Crippen LogP contribution in [0, 0.1) is 0 Å². The molecule has 1 aliphatic rings. The molecular weight excluding hydrogens is 376 g/mol. The zero-order chi connectivity index (χ0) is 20.1. The number of benzene rings is 1. The Morgan fingerprint density at radius 2 is 1.93 bits per heavy atom. The van der Waals surface area contributed by atoms with Gasteiger partial charge < -0.3 is 14.8 Å². The first kappa shape index (κ1) is 19.9. The molecule has 1 amide bonds. The van der Waals surface area contributed by atoms with Crippen LogP contribution < -0.4 is 14.8 Å². The van der Waals surface area contributed by atoms with Crippen LogP contribution in [0.3, 0.4) is 0 Å². The van der Waals surface area contributed by atoms with Gasteiger partial charge in [-0.15, -0.1) is 0 Å². The minimum absolute atomic E-state index is 0.147. The first-order chi connectivity index (χ1) is 13.5. The molecule has 28 heavy (non-hydrogen) atoms. The second-order valence-electron chi connectivity index (χ2n) is 6.26. The van der Waals surface area contributed by atoms with Crippen LogP contribution in [-0.4, -0.2) is 45.5 Å². The lowest BCUT2D eigenvalue weighted by atomic mass is 10.1. The molecule has 3 rings (SSSR count). The van der Waals surface area contributed by atoms with Crippen LogP contribution in [0.15, 0.2) is 36.2 Å². The largest absolute Gasteiger partial charge is 0.490 e. The van der Waals surface area contributed by atoms with E-state index in [0.29, 0.717) is 48.4 Å². The highest BCUT2D eigenvalue weighted by Gasteiger charge is 2.30. The number of ether oxygens (including phenoxy) is 2. The van der Waals surface area contributed by atoms with Crippen molar-refractivity contribution in [3.8, 4) is 11.5 Å². The van der Waals surface area contributed by atoms with Gasteiger partial charge in [-0.1, -0.05) is 6.07 Å². The van der Waals surface area contributed by atoms with Crippen molar-refractivity contribution in [3.63, 3.8) is 0 Å². The summed E-state index contributed by atoms with van der Waals surface area (Å²) in [6.07, 6.45) is 4.18. The van der Waals surface area contributed by atoms with Gasteiger partial charge in [0.15, 0.2) is 16.6 Å². The number of nitrogens with one attached hydrogen (secondary N) is 1. The standard InChI is InChI=1S/C20H24N4O3S/c1-4-26-17-7-6-14(12-18(17)27-5-2)8-11-24-19(25)16(21-20(24)28)13-15-9-10-23(3)22-15/h6-7,9-10,12-13H,4-5,8,11H2,1-3H3,(H,21,28)/b16-13+. The van der Waals surface area contributed by atoms with E-state index >= 15 is 0 Å². The number of nitrogens with zero attached hydrogens (tertiary/aromatic N) is 3. The molecule has 1 aromatic carbocycles. The van der Waals surface area contributed by atoms with Crippen molar-refractivity contribution >= 4 is 29.3 Å². The quantitative estimate of drug-likeness (QED) is 0.543. The van der Waals surface area contributed by atoms with E-state index in [-0.39, 0.29) is 5.91 Å². The topological polar surface area (TPSA) is 68.6 Å². The summed E-state index contributed by atoms with van der Waals surface area (Å²) in [7, 11) is 1.83. The summed E-state index contributed by atoms with van der Waals surface area (Å²) < 4.78 is 12.9. The third kappa shape index (κ3) is 4.51. The highest BCUT2D eigenvalue weighted by molar-refractivity contribution is 7.80. The Morgan fingerprint density at radius 1 is 1.18 bits per heavy atom. The molecule has 0 unspecified atom stereocenters. The molecule has 148 valence electrons. The first-order valence-corrected chi connectivity index (χ1v) is 9.65. The average molecular weight is 401 g/mol. The smallest absolute Gasteiger partial charge is 0.276 e. The number of amides is 1. The summed E-state index contributed by atoms with van der Waals surface area (Å²) in [6, 6.07) is 7.67. The van der Waals surface area contributed by atoms with Gasteiger partial charge in [0, 0.05) is 19.8 Å². The number of aromatic nitrogens is 2. The molecule has 2 heterocycles. The molecule has 0 aliphatic carbocycles. The Labute approximate surface area is 169 Å². The van der Waals surface area contributed by atoms with E-state index in [1.165, 1.54) is 0 Å². The Balaban J connectivity index is 1.68. The third-order valence-corrected chi connectivity index (χ3v) is 4.54. The van der Waals surface area contributed by atoms with E-state index in [1.807, 2.05) is 51.4 Å². The van der Waals surface area contributed by atoms with Crippen molar-refractivity contribution in [3.05, 3.63) is 47.4 Å².